The maximum absolute atomic E-state index is 12.2. The number of rotatable bonds is 6. The molecule has 1 fully saturated rings. The highest BCUT2D eigenvalue weighted by Gasteiger charge is 2.31. The van der Waals surface area contributed by atoms with Gasteiger partial charge in [0.05, 0.1) is 0 Å². The molecule has 0 aliphatic carbocycles. The van der Waals surface area contributed by atoms with E-state index in [1.54, 1.807) is 0 Å². The lowest BCUT2D eigenvalue weighted by Crippen LogP contribution is -2.41. The second kappa shape index (κ2) is 8.34. The number of carbonyl (C=O) groups excluding carboxylic acids is 1. The Morgan fingerprint density at radius 3 is 2.70 bits per heavy atom. The summed E-state index contributed by atoms with van der Waals surface area (Å²) in [6, 6.07) is 10.8. The van der Waals surface area contributed by atoms with Gasteiger partial charge in [0, 0.05) is 12.6 Å². The Labute approximate surface area is 140 Å². The summed E-state index contributed by atoms with van der Waals surface area (Å²) in [4.78, 5) is 14.1. The first-order chi connectivity index (χ1) is 11.0. The molecule has 4 heteroatoms. The van der Waals surface area contributed by atoms with E-state index in [-0.39, 0.29) is 6.09 Å². The van der Waals surface area contributed by atoms with Crippen molar-refractivity contribution in [3.8, 4) is 0 Å². The number of carbonyl (C=O) groups is 1. The van der Waals surface area contributed by atoms with Crippen molar-refractivity contribution in [1.82, 2.24) is 10.2 Å². The molecular formula is C19H30N2O2. The summed E-state index contributed by atoms with van der Waals surface area (Å²) < 4.78 is 5.50. The summed E-state index contributed by atoms with van der Waals surface area (Å²) >= 11 is 0. The number of nitrogens with one attached hydrogen (secondary N) is 1. The van der Waals surface area contributed by atoms with Crippen molar-refractivity contribution in [1.29, 1.82) is 0 Å². The highest BCUT2D eigenvalue weighted by molar-refractivity contribution is 5.68. The number of benzene rings is 1. The average Bonchev–Trinajstić information content (AvgIpc) is 2.95. The highest BCUT2D eigenvalue weighted by atomic mass is 16.6. The van der Waals surface area contributed by atoms with Crippen molar-refractivity contribution in [3.63, 3.8) is 0 Å². The van der Waals surface area contributed by atoms with Gasteiger partial charge < -0.3 is 15.0 Å². The van der Waals surface area contributed by atoms with E-state index in [0.717, 1.165) is 45.3 Å². The molecule has 128 valence electrons. The molecule has 1 N–H and O–H groups in total. The number of nitrogens with zero attached hydrogens (tertiary/aromatic N) is 1. The lowest BCUT2D eigenvalue weighted by molar-refractivity contribution is 0.0221. The second-order valence-corrected chi connectivity index (χ2v) is 7.24. The molecule has 0 bridgehead atoms. The zero-order valence-electron chi connectivity index (χ0n) is 14.7. The van der Waals surface area contributed by atoms with Crippen molar-refractivity contribution < 1.29 is 9.53 Å². The Balaban J connectivity index is 1.67. The highest BCUT2D eigenvalue weighted by Crippen LogP contribution is 2.22. The maximum atomic E-state index is 12.2. The number of amides is 1. The Morgan fingerprint density at radius 1 is 1.26 bits per heavy atom. The van der Waals surface area contributed by atoms with E-state index in [2.05, 4.69) is 29.6 Å². The van der Waals surface area contributed by atoms with Gasteiger partial charge in [0.1, 0.15) is 5.60 Å². The van der Waals surface area contributed by atoms with Gasteiger partial charge in [-0.3, -0.25) is 0 Å². The first-order valence-corrected chi connectivity index (χ1v) is 8.70. The van der Waals surface area contributed by atoms with E-state index in [1.807, 2.05) is 31.7 Å². The van der Waals surface area contributed by atoms with E-state index in [9.17, 15) is 4.79 Å². The zero-order chi connectivity index (χ0) is 16.7. The fourth-order valence-corrected chi connectivity index (χ4v) is 2.97. The summed E-state index contributed by atoms with van der Waals surface area (Å²) in [5.41, 5.74) is 0.939. The fraction of sp³-hybridized carbons (Fsp3) is 0.632. The van der Waals surface area contributed by atoms with E-state index < -0.39 is 5.60 Å². The molecule has 1 atom stereocenters. The number of likely N-dealkylation sites (tertiary alicyclic amines) is 1. The SMILES string of the molecule is CC(C)(C)OC(=O)N1CCC[C@H]1CCNCCc1ccccc1. The summed E-state index contributed by atoms with van der Waals surface area (Å²) in [6.07, 6.45) is 4.03. The van der Waals surface area contributed by atoms with Gasteiger partial charge in [-0.05, 0) is 65.1 Å². The molecule has 0 aromatic heterocycles. The van der Waals surface area contributed by atoms with Gasteiger partial charge in [0.15, 0.2) is 0 Å². The number of ether oxygens (including phenoxy) is 1. The first kappa shape index (κ1) is 17.8. The van der Waals surface area contributed by atoms with Gasteiger partial charge in [0.25, 0.3) is 0 Å². The summed E-state index contributed by atoms with van der Waals surface area (Å²) in [7, 11) is 0. The molecular weight excluding hydrogens is 288 g/mol. The average molecular weight is 318 g/mol. The molecule has 2 rings (SSSR count). The van der Waals surface area contributed by atoms with Crippen LogP contribution in [0.2, 0.25) is 0 Å². The minimum absolute atomic E-state index is 0.163. The molecule has 0 unspecified atom stereocenters. The normalized spacial score (nSPS) is 18.2. The molecule has 1 saturated heterocycles. The molecule has 1 heterocycles. The van der Waals surface area contributed by atoms with Crippen LogP contribution in [0.3, 0.4) is 0 Å². The molecule has 1 aromatic carbocycles. The van der Waals surface area contributed by atoms with E-state index in [4.69, 9.17) is 4.74 Å². The molecule has 0 saturated carbocycles. The predicted molar refractivity (Wildman–Crippen MR) is 93.6 cm³/mol. The molecule has 1 aromatic rings. The molecule has 0 radical (unpaired) electrons. The van der Waals surface area contributed by atoms with Crippen LogP contribution in [0.25, 0.3) is 0 Å². The molecule has 1 aliphatic rings. The fourth-order valence-electron chi connectivity index (χ4n) is 2.97. The van der Waals surface area contributed by atoms with Crippen molar-refractivity contribution in [2.75, 3.05) is 19.6 Å². The summed E-state index contributed by atoms with van der Waals surface area (Å²) in [5.74, 6) is 0. The lowest BCUT2D eigenvalue weighted by Gasteiger charge is -2.28. The Kier molecular flexibility index (Phi) is 6.46. The van der Waals surface area contributed by atoms with Gasteiger partial charge in [-0.2, -0.15) is 0 Å². The third kappa shape index (κ3) is 6.22. The van der Waals surface area contributed by atoms with E-state index >= 15 is 0 Å². The van der Waals surface area contributed by atoms with Crippen LogP contribution in [0.4, 0.5) is 4.79 Å². The van der Waals surface area contributed by atoms with Crippen LogP contribution in [0.5, 0.6) is 0 Å². The van der Waals surface area contributed by atoms with Gasteiger partial charge in [-0.1, -0.05) is 30.3 Å². The maximum Gasteiger partial charge on any atom is 0.410 e. The molecule has 0 spiro atoms. The minimum Gasteiger partial charge on any atom is -0.444 e. The largest absolute Gasteiger partial charge is 0.444 e. The standard InChI is InChI=1S/C19H30N2O2/c1-19(2,3)23-18(22)21-15-7-10-17(21)12-14-20-13-11-16-8-5-4-6-9-16/h4-6,8-9,17,20H,7,10-15H2,1-3H3/t17-/m0/s1. The van der Waals surface area contributed by atoms with Crippen LogP contribution in [0.1, 0.15) is 45.6 Å². The predicted octanol–water partition coefficient (Wildman–Crippen LogP) is 3.61. The molecule has 4 nitrogen and oxygen atoms in total. The van der Waals surface area contributed by atoms with Crippen LogP contribution < -0.4 is 5.32 Å². The van der Waals surface area contributed by atoms with Crippen LogP contribution >= 0.6 is 0 Å². The lowest BCUT2D eigenvalue weighted by atomic mass is 10.1. The minimum atomic E-state index is -0.418. The van der Waals surface area contributed by atoms with Crippen molar-refractivity contribution in [2.45, 2.75) is 58.1 Å². The molecule has 1 aliphatic heterocycles. The number of hydrogen-bond acceptors (Lipinski definition) is 3. The van der Waals surface area contributed by atoms with Gasteiger partial charge in [-0.15, -0.1) is 0 Å². The Morgan fingerprint density at radius 2 is 2.00 bits per heavy atom. The van der Waals surface area contributed by atoms with Crippen LogP contribution in [-0.4, -0.2) is 42.3 Å². The monoisotopic (exact) mass is 318 g/mol. The Bertz CT molecular complexity index is 482. The smallest absolute Gasteiger partial charge is 0.410 e. The Hall–Kier alpha value is -1.55. The van der Waals surface area contributed by atoms with Crippen molar-refractivity contribution >= 4 is 6.09 Å². The summed E-state index contributed by atoms with van der Waals surface area (Å²) in [6.45, 7) is 8.49. The van der Waals surface area contributed by atoms with Gasteiger partial charge in [-0.25, -0.2) is 4.79 Å². The first-order valence-electron chi connectivity index (χ1n) is 8.70. The third-order valence-electron chi connectivity index (χ3n) is 4.09. The molecule has 23 heavy (non-hydrogen) atoms. The van der Waals surface area contributed by atoms with Crippen molar-refractivity contribution in [3.05, 3.63) is 35.9 Å². The number of hydrogen-bond donors (Lipinski definition) is 1. The van der Waals surface area contributed by atoms with Crippen molar-refractivity contribution in [2.24, 2.45) is 0 Å². The van der Waals surface area contributed by atoms with Crippen LogP contribution in [0.15, 0.2) is 30.3 Å². The van der Waals surface area contributed by atoms with Gasteiger partial charge in [0.2, 0.25) is 0 Å². The quantitative estimate of drug-likeness (QED) is 0.815. The van der Waals surface area contributed by atoms with E-state index in [1.165, 1.54) is 5.56 Å². The molecule has 1 amide bonds. The third-order valence-corrected chi connectivity index (χ3v) is 4.09. The second-order valence-electron chi connectivity index (χ2n) is 7.24. The van der Waals surface area contributed by atoms with E-state index in [0.29, 0.717) is 6.04 Å². The summed E-state index contributed by atoms with van der Waals surface area (Å²) in [5, 5.41) is 3.49. The van der Waals surface area contributed by atoms with Crippen LogP contribution in [-0.2, 0) is 11.2 Å². The van der Waals surface area contributed by atoms with Gasteiger partial charge >= 0.3 is 6.09 Å². The topological polar surface area (TPSA) is 41.6 Å². The van der Waals surface area contributed by atoms with Crippen LogP contribution in [0, 0.1) is 0 Å². The zero-order valence-corrected chi connectivity index (χ0v) is 14.7.